The van der Waals surface area contributed by atoms with E-state index < -0.39 is 0 Å². The van der Waals surface area contributed by atoms with Crippen LogP contribution in [0.4, 0.5) is 11.4 Å². The van der Waals surface area contributed by atoms with E-state index in [1.807, 2.05) is 36.4 Å². The van der Waals surface area contributed by atoms with Gasteiger partial charge in [-0.15, -0.1) is 23.5 Å². The molecule has 4 aromatic rings. The third-order valence-electron chi connectivity index (χ3n) is 8.38. The molecule has 0 amide bonds. The predicted molar refractivity (Wildman–Crippen MR) is 186 cm³/mol. The number of ketones is 1. The molecule has 1 aliphatic carbocycles. The van der Waals surface area contributed by atoms with Crippen LogP contribution >= 0.6 is 23.5 Å². The van der Waals surface area contributed by atoms with Gasteiger partial charge in [-0.3, -0.25) is 4.79 Å². The minimum absolute atomic E-state index is 0.00144. The van der Waals surface area contributed by atoms with Gasteiger partial charge in [0.2, 0.25) is 0 Å². The lowest BCUT2D eigenvalue weighted by molar-refractivity contribution is -0.675. The molecule has 0 radical (unpaired) electrons. The molecule has 1 aromatic heterocycles. The summed E-state index contributed by atoms with van der Waals surface area (Å²) in [5.41, 5.74) is 6.77. The van der Waals surface area contributed by atoms with Gasteiger partial charge in [0.1, 0.15) is 12.4 Å². The largest absolute Gasteiger partial charge is 0.395 e. The maximum absolute atomic E-state index is 14.1. The number of β-amino-alcohol motifs (C(OH)–C–C–N with tert-alkyl or cyclic N) is 1. The number of anilines is 2. The van der Waals surface area contributed by atoms with E-state index in [4.69, 9.17) is 0 Å². The third kappa shape index (κ3) is 5.74. The molecule has 6 rings (SSSR count). The number of hydrogen-bond donors (Lipinski definition) is 2. The molecule has 0 saturated carbocycles. The number of nitrogens with zero attached hydrogens (tertiary/aromatic N) is 4. The molecular weight excluding hydrogens is 601 g/mol. The number of benzene rings is 3. The van der Waals surface area contributed by atoms with Crippen molar-refractivity contribution >= 4 is 57.8 Å². The first-order valence-electron chi connectivity index (χ1n) is 15.4. The van der Waals surface area contributed by atoms with Crippen LogP contribution in [0.5, 0.6) is 0 Å². The topological polar surface area (TPSA) is 72.8 Å². The van der Waals surface area contributed by atoms with Gasteiger partial charge in [0.25, 0.3) is 5.82 Å². The molecule has 0 atom stereocenters. The summed E-state index contributed by atoms with van der Waals surface area (Å²) in [6, 6.07) is 24.9. The normalized spacial score (nSPS) is 16.4. The van der Waals surface area contributed by atoms with E-state index in [2.05, 4.69) is 87.6 Å². The lowest BCUT2D eigenvalue weighted by Crippen LogP contribution is -2.38. The van der Waals surface area contributed by atoms with Gasteiger partial charge >= 0.3 is 0 Å². The van der Waals surface area contributed by atoms with Crippen LogP contribution in [0.15, 0.2) is 106 Å². The van der Waals surface area contributed by atoms with Gasteiger partial charge in [-0.25, -0.2) is 9.13 Å². The van der Waals surface area contributed by atoms with Gasteiger partial charge in [0.15, 0.2) is 16.8 Å². The Bertz CT molecular complexity index is 1820. The fraction of sp³-hybridized carbons (Fsp3) is 0.278. The zero-order valence-corrected chi connectivity index (χ0v) is 27.6. The number of fused-ring (bicyclic) bond motifs is 2. The zero-order valence-electron chi connectivity index (χ0n) is 25.9. The molecular formula is C36H39N4O3S2+. The number of thioether (sulfide) groups is 2. The highest BCUT2D eigenvalue weighted by atomic mass is 32.2. The maximum atomic E-state index is 14.1. The first-order valence-corrected chi connectivity index (χ1v) is 17.6. The van der Waals surface area contributed by atoms with Crippen LogP contribution in [-0.2, 0) is 23.6 Å². The van der Waals surface area contributed by atoms with Crippen LogP contribution in [0, 0.1) is 0 Å². The van der Waals surface area contributed by atoms with E-state index in [9.17, 15) is 15.0 Å². The van der Waals surface area contributed by atoms with E-state index in [0.717, 1.165) is 57.8 Å². The van der Waals surface area contributed by atoms with Gasteiger partial charge in [-0.1, -0.05) is 36.4 Å². The molecule has 3 aromatic carbocycles. The summed E-state index contributed by atoms with van der Waals surface area (Å²) in [6.07, 6.45) is 6.09. The summed E-state index contributed by atoms with van der Waals surface area (Å²) in [6.45, 7) is 6.55. The molecule has 7 nitrogen and oxygen atoms in total. The molecule has 0 spiro atoms. The average Bonchev–Trinajstić information content (AvgIpc) is 3.54. The van der Waals surface area contributed by atoms with E-state index in [1.54, 1.807) is 23.5 Å². The summed E-state index contributed by atoms with van der Waals surface area (Å²) in [5, 5.41) is 19.9. The summed E-state index contributed by atoms with van der Waals surface area (Å²) in [4.78, 5) is 20.6. The summed E-state index contributed by atoms with van der Waals surface area (Å²) in [5.74, 6) is 2.53. The standard InChI is InChI=1S/C36H39N4O3S2/c1-4-37-29-10-6-8-12-31(29)39(18-20-41)33(37)22-27-35(43)28(36(27)45-24-25-14-16-26(44-3)17-15-25)23-34-38(5-2)30-11-7-9-13-32(30)40(34)19-21-42/h6-17,22-23,41-42H,4-5,18-21,24H2,1-3H3/q+1. The minimum Gasteiger partial charge on any atom is -0.395 e. The molecule has 0 bridgehead atoms. The Balaban J connectivity index is 1.48. The molecule has 2 heterocycles. The van der Waals surface area contributed by atoms with Gasteiger partial charge in [-0.05, 0) is 68.1 Å². The number of hydrogen-bond acceptors (Lipinski definition) is 7. The summed E-state index contributed by atoms with van der Waals surface area (Å²) >= 11 is 3.41. The molecule has 232 valence electrons. The molecule has 9 heteroatoms. The molecule has 0 fully saturated rings. The molecule has 0 saturated heterocycles. The van der Waals surface area contributed by atoms with Crippen LogP contribution in [-0.4, -0.2) is 53.1 Å². The first kappa shape index (κ1) is 31.2. The molecule has 2 N–H and O–H groups in total. The highest BCUT2D eigenvalue weighted by Crippen LogP contribution is 2.46. The number of aliphatic hydroxyl groups is 2. The smallest absolute Gasteiger partial charge is 0.283 e. The first-order chi connectivity index (χ1) is 22.0. The SMILES string of the molecule is CCN1/C(=C/C2=C(SCc3ccc(SC)cc3)C(=C\c3n(CC)c4ccccc4[n+]3CCO)/C2=O)N(CCO)c2ccccc21. The van der Waals surface area contributed by atoms with E-state index in [0.29, 0.717) is 24.2 Å². The minimum atomic E-state index is 0.00144. The second-order valence-electron chi connectivity index (χ2n) is 10.8. The number of aromatic nitrogens is 2. The van der Waals surface area contributed by atoms with Gasteiger partial charge in [-0.2, -0.15) is 0 Å². The number of aryl methyl sites for hydroxylation is 1. The quantitative estimate of drug-likeness (QED) is 0.112. The van der Waals surface area contributed by atoms with Crippen molar-refractivity contribution < 1.29 is 19.6 Å². The van der Waals surface area contributed by atoms with E-state index >= 15 is 0 Å². The van der Waals surface area contributed by atoms with Crippen molar-refractivity contribution in [3.8, 4) is 0 Å². The Morgan fingerprint density at radius 3 is 2.22 bits per heavy atom. The lowest BCUT2D eigenvalue weighted by atomic mass is 9.89. The van der Waals surface area contributed by atoms with Crippen molar-refractivity contribution in [2.45, 2.75) is 37.6 Å². The third-order valence-corrected chi connectivity index (χ3v) is 10.3. The number of carbonyl (C=O) groups is 1. The molecule has 1 aliphatic heterocycles. The number of imidazole rings is 1. The molecule has 0 unspecified atom stereocenters. The Kier molecular flexibility index (Phi) is 9.51. The Hall–Kier alpha value is -3.76. The summed E-state index contributed by atoms with van der Waals surface area (Å²) < 4.78 is 4.31. The number of Topliss-reactive ketones (excluding diaryl/α,β-unsaturated/α-hetero) is 1. The molecule has 2 aliphatic rings. The van der Waals surface area contributed by atoms with E-state index in [1.165, 1.54) is 10.5 Å². The van der Waals surface area contributed by atoms with Crippen molar-refractivity contribution in [2.24, 2.45) is 0 Å². The monoisotopic (exact) mass is 639 g/mol. The van der Waals surface area contributed by atoms with Crippen molar-refractivity contribution in [1.82, 2.24) is 4.57 Å². The fourth-order valence-electron chi connectivity index (χ4n) is 6.26. The Morgan fingerprint density at radius 2 is 1.56 bits per heavy atom. The zero-order chi connectivity index (χ0) is 31.5. The van der Waals surface area contributed by atoms with Crippen molar-refractivity contribution in [1.29, 1.82) is 0 Å². The van der Waals surface area contributed by atoms with Crippen LogP contribution in [0.25, 0.3) is 17.1 Å². The van der Waals surface area contributed by atoms with Crippen LogP contribution in [0.2, 0.25) is 0 Å². The predicted octanol–water partition coefficient (Wildman–Crippen LogP) is 6.00. The van der Waals surface area contributed by atoms with Crippen LogP contribution in [0.1, 0.15) is 25.2 Å². The number of aliphatic hydroxyl groups excluding tert-OH is 2. The number of rotatable bonds is 12. The van der Waals surface area contributed by atoms with Crippen LogP contribution < -0.4 is 14.4 Å². The Labute approximate surface area is 273 Å². The number of carbonyl (C=O) groups excluding carboxylic acids is 1. The lowest BCUT2D eigenvalue weighted by Gasteiger charge is -2.28. The second kappa shape index (κ2) is 13.7. The second-order valence-corrected chi connectivity index (χ2v) is 12.7. The number of allylic oxidation sites excluding steroid dienone is 3. The van der Waals surface area contributed by atoms with Crippen LogP contribution in [0.3, 0.4) is 0 Å². The maximum Gasteiger partial charge on any atom is 0.283 e. The number of para-hydroxylation sites is 4. The van der Waals surface area contributed by atoms with Gasteiger partial charge in [0.05, 0.1) is 31.1 Å². The van der Waals surface area contributed by atoms with E-state index in [-0.39, 0.29) is 19.0 Å². The molecule has 45 heavy (non-hydrogen) atoms. The fourth-order valence-corrected chi connectivity index (χ4v) is 7.79. The highest BCUT2D eigenvalue weighted by Gasteiger charge is 2.38. The average molecular weight is 640 g/mol. The Morgan fingerprint density at radius 1 is 0.844 bits per heavy atom. The summed E-state index contributed by atoms with van der Waals surface area (Å²) in [7, 11) is 0. The van der Waals surface area contributed by atoms with Crippen molar-refractivity contribution in [3.05, 3.63) is 112 Å². The highest BCUT2D eigenvalue weighted by molar-refractivity contribution is 8.02. The van der Waals surface area contributed by atoms with Gasteiger partial charge < -0.3 is 20.0 Å². The van der Waals surface area contributed by atoms with Crippen molar-refractivity contribution in [3.63, 3.8) is 0 Å². The van der Waals surface area contributed by atoms with Gasteiger partial charge in [0, 0.05) is 45.9 Å². The van der Waals surface area contributed by atoms with Crippen molar-refractivity contribution in [2.75, 3.05) is 42.4 Å².